The highest BCUT2D eigenvalue weighted by molar-refractivity contribution is 7.90. The van der Waals surface area contributed by atoms with Crippen molar-refractivity contribution in [2.45, 2.75) is 75.5 Å². The van der Waals surface area contributed by atoms with Crippen molar-refractivity contribution in [3.8, 4) is 11.7 Å². The summed E-state index contributed by atoms with van der Waals surface area (Å²) in [6.07, 6.45) is -3.61. The van der Waals surface area contributed by atoms with Gasteiger partial charge in [-0.25, -0.2) is 19.4 Å². The molecule has 15 heteroatoms. The zero-order valence-corrected chi connectivity index (χ0v) is 25.7. The van der Waals surface area contributed by atoms with Gasteiger partial charge in [0.25, 0.3) is 15.9 Å². The Morgan fingerprint density at radius 1 is 1.16 bits per heavy atom. The van der Waals surface area contributed by atoms with Gasteiger partial charge in [-0.15, -0.1) is 5.10 Å². The van der Waals surface area contributed by atoms with E-state index in [1.54, 1.807) is 12.1 Å². The Balaban J connectivity index is 1.28. The summed E-state index contributed by atoms with van der Waals surface area (Å²) in [7, 11) is -4.33. The summed E-state index contributed by atoms with van der Waals surface area (Å²) in [5.41, 5.74) is -2.41. The minimum atomic E-state index is -4.48. The van der Waals surface area contributed by atoms with Crippen LogP contribution in [-0.4, -0.2) is 65.5 Å². The smallest absolute Gasteiger partial charge is 0.394 e. The molecule has 0 unspecified atom stereocenters. The number of halogens is 3. The van der Waals surface area contributed by atoms with Gasteiger partial charge in [0.2, 0.25) is 5.88 Å². The van der Waals surface area contributed by atoms with Crippen LogP contribution >= 0.6 is 0 Å². The second-order valence-corrected chi connectivity index (χ2v) is 14.1. The van der Waals surface area contributed by atoms with E-state index in [1.165, 1.54) is 35.1 Å². The third-order valence-corrected chi connectivity index (χ3v) is 9.91. The highest BCUT2D eigenvalue weighted by atomic mass is 32.2. The molecule has 1 aliphatic carbocycles. The predicted molar refractivity (Wildman–Crippen MR) is 160 cm³/mol. The van der Waals surface area contributed by atoms with E-state index in [2.05, 4.69) is 20.1 Å². The van der Waals surface area contributed by atoms with Gasteiger partial charge in [-0.3, -0.25) is 4.79 Å². The molecule has 0 radical (unpaired) electrons. The average molecular weight is 650 g/mol. The molecule has 1 amide bonds. The van der Waals surface area contributed by atoms with Gasteiger partial charge in [-0.2, -0.15) is 21.6 Å². The third-order valence-electron chi connectivity index (χ3n) is 8.68. The number of carbonyl (C=O) groups is 1. The summed E-state index contributed by atoms with van der Waals surface area (Å²) in [4.78, 5) is 24.5. The number of pyridine rings is 2. The van der Waals surface area contributed by atoms with Crippen LogP contribution in [0.3, 0.4) is 0 Å². The number of carbonyl (C=O) groups excluding carboxylic acids is 1. The van der Waals surface area contributed by atoms with Crippen molar-refractivity contribution < 1.29 is 33.9 Å². The normalized spacial score (nSPS) is 22.9. The number of nitrogens with zero attached hydrogens (tertiary/aromatic N) is 5. The van der Waals surface area contributed by atoms with E-state index in [1.807, 2.05) is 18.7 Å². The fraction of sp³-hybridized carbons (Fsp3) is 0.533. The summed E-state index contributed by atoms with van der Waals surface area (Å²) < 4.78 is 91.8. The number of hydrogen-bond acceptors (Lipinski definition) is 9. The number of anilines is 2. The maximum absolute atomic E-state index is 13.6. The largest absolute Gasteiger partial charge is 0.477 e. The lowest BCUT2D eigenvalue weighted by Crippen LogP contribution is -2.41. The quantitative estimate of drug-likeness (QED) is 0.375. The topological polar surface area (TPSA) is 131 Å². The highest BCUT2D eigenvalue weighted by Crippen LogP contribution is 2.60. The molecule has 3 aromatic heterocycles. The monoisotopic (exact) mass is 649 g/mol. The summed E-state index contributed by atoms with van der Waals surface area (Å²) in [5.74, 6) is 0.288. The van der Waals surface area contributed by atoms with Gasteiger partial charge < -0.3 is 15.0 Å². The van der Waals surface area contributed by atoms with E-state index in [4.69, 9.17) is 12.5 Å². The molecule has 1 atom stereocenters. The van der Waals surface area contributed by atoms with Crippen molar-refractivity contribution in [2.24, 2.45) is 11.3 Å². The molecule has 4 bridgehead atoms. The van der Waals surface area contributed by atoms with Crippen LogP contribution in [0.5, 0.6) is 5.88 Å². The summed E-state index contributed by atoms with van der Waals surface area (Å²) in [6.45, 7) is 4.62. The first-order valence-corrected chi connectivity index (χ1v) is 16.3. The molecule has 0 spiro atoms. The first kappa shape index (κ1) is 28.6. The standard InChI is InChI=1S/C30H36F3N7O4S/c1-28(2)18-20-6-4-15-34-22-7-3-8-25(35-22)45(42,43)38-27(41)21-9-10-23(36-26(21)39(28)19-20)40-16-11-24(37-40)44-17-5-12-29(13-14-29)30(31,32)33/h3,7-11,16,20H,4-6,12-15,17-19H2,1-2H3,(H,34,35)(H,38,41)/t20-/m0/s1/i5D2. The summed E-state index contributed by atoms with van der Waals surface area (Å²) >= 11 is 0. The number of hydrogen-bond donors (Lipinski definition) is 2. The molecule has 3 aromatic rings. The Morgan fingerprint density at radius 2 is 1.96 bits per heavy atom. The van der Waals surface area contributed by atoms with Gasteiger partial charge in [-0.1, -0.05) is 6.07 Å². The number of sulfonamides is 1. The van der Waals surface area contributed by atoms with E-state index in [0.717, 1.165) is 19.3 Å². The third kappa shape index (κ3) is 6.44. The fourth-order valence-electron chi connectivity index (χ4n) is 6.04. The minimum Gasteiger partial charge on any atom is -0.477 e. The van der Waals surface area contributed by atoms with E-state index in [-0.39, 0.29) is 46.9 Å². The molecular weight excluding hydrogens is 611 g/mol. The fourth-order valence-corrected chi connectivity index (χ4v) is 6.97. The van der Waals surface area contributed by atoms with Crippen LogP contribution in [0.15, 0.2) is 47.6 Å². The van der Waals surface area contributed by atoms with E-state index in [0.29, 0.717) is 18.9 Å². The highest BCUT2D eigenvalue weighted by Gasteiger charge is 2.62. The summed E-state index contributed by atoms with van der Waals surface area (Å²) in [6, 6.07) is 8.90. The van der Waals surface area contributed by atoms with Gasteiger partial charge in [0.05, 0.1) is 17.6 Å². The molecular formula is C30H36F3N7O4S. The number of amides is 1. The van der Waals surface area contributed by atoms with Crippen molar-refractivity contribution >= 4 is 27.6 Å². The molecule has 0 aromatic carbocycles. The van der Waals surface area contributed by atoms with Crippen LogP contribution in [0.25, 0.3) is 5.82 Å². The average Bonchev–Trinajstić information content (AvgIpc) is 3.49. The lowest BCUT2D eigenvalue weighted by molar-refractivity contribution is -0.189. The van der Waals surface area contributed by atoms with Gasteiger partial charge in [0, 0.05) is 33.6 Å². The van der Waals surface area contributed by atoms with Crippen LogP contribution in [-0.2, 0) is 10.0 Å². The van der Waals surface area contributed by atoms with Crippen LogP contribution in [0.2, 0.25) is 0 Å². The Labute approximate surface area is 262 Å². The second kappa shape index (κ2) is 11.5. The van der Waals surface area contributed by atoms with Crippen LogP contribution in [0.4, 0.5) is 24.8 Å². The SMILES string of the molecule is [2H]C([2H])(COc1ccn(-c2ccc3c(n2)N2C[C@@H](CCCNc4cccc(n4)S(=O)(=O)NC3=O)CC2(C)C)n1)CC1(C(F)(F)F)CC1. The Hall–Kier alpha value is -3.88. The first-order valence-electron chi connectivity index (χ1n) is 15.8. The maximum atomic E-state index is 13.6. The molecule has 1 saturated carbocycles. The number of ether oxygens (including phenoxy) is 1. The molecule has 45 heavy (non-hydrogen) atoms. The van der Waals surface area contributed by atoms with Gasteiger partial charge >= 0.3 is 6.18 Å². The Bertz CT molecular complexity index is 1780. The molecule has 2 N–H and O–H groups in total. The minimum absolute atomic E-state index is 0.0163. The van der Waals surface area contributed by atoms with E-state index >= 15 is 0 Å². The first-order chi connectivity index (χ1) is 22.0. The lowest BCUT2D eigenvalue weighted by Gasteiger charge is -2.34. The second-order valence-electron chi connectivity index (χ2n) is 12.5. The van der Waals surface area contributed by atoms with Gasteiger partial charge in [0.1, 0.15) is 11.6 Å². The molecule has 5 heterocycles. The van der Waals surface area contributed by atoms with Gasteiger partial charge in [-0.05, 0) is 88.9 Å². The van der Waals surface area contributed by atoms with E-state index in [9.17, 15) is 26.4 Å². The maximum Gasteiger partial charge on any atom is 0.394 e. The number of rotatable bonds is 6. The van der Waals surface area contributed by atoms with Crippen LogP contribution < -0.4 is 19.7 Å². The molecule has 11 nitrogen and oxygen atoms in total. The number of fused-ring (bicyclic) bond motifs is 6. The van der Waals surface area contributed by atoms with E-state index < -0.39 is 52.5 Å². The predicted octanol–water partition coefficient (Wildman–Crippen LogP) is 5.09. The van der Waals surface area contributed by atoms with Crippen molar-refractivity contribution in [3.63, 3.8) is 0 Å². The summed E-state index contributed by atoms with van der Waals surface area (Å²) in [5, 5.41) is 7.15. The molecule has 1 saturated heterocycles. The van der Waals surface area contributed by atoms with Crippen molar-refractivity contribution in [2.75, 3.05) is 29.9 Å². The number of alkyl halides is 3. The zero-order chi connectivity index (χ0) is 33.8. The van der Waals surface area contributed by atoms with Crippen LogP contribution in [0, 0.1) is 11.3 Å². The number of aromatic nitrogens is 4. The van der Waals surface area contributed by atoms with Crippen LogP contribution in [0.1, 0.15) is 71.8 Å². The molecule has 6 rings (SSSR count). The molecule has 242 valence electrons. The molecule has 3 aliphatic rings. The Morgan fingerprint density at radius 3 is 2.71 bits per heavy atom. The number of nitrogens with one attached hydrogen (secondary N) is 2. The molecule has 2 aliphatic heterocycles. The molecule has 2 fully saturated rings. The van der Waals surface area contributed by atoms with Gasteiger partial charge in [0.15, 0.2) is 10.8 Å². The van der Waals surface area contributed by atoms with Crippen molar-refractivity contribution in [1.29, 1.82) is 0 Å². The van der Waals surface area contributed by atoms with Crippen molar-refractivity contribution in [3.05, 3.63) is 48.2 Å². The lowest BCUT2D eigenvalue weighted by atomic mass is 9.93. The Kier molecular flexibility index (Phi) is 7.29. The van der Waals surface area contributed by atoms with Crippen molar-refractivity contribution in [1.82, 2.24) is 24.5 Å². The zero-order valence-electron chi connectivity index (χ0n) is 26.9.